The van der Waals surface area contributed by atoms with Crippen LogP contribution in [0.25, 0.3) is 0 Å². The van der Waals surface area contributed by atoms with E-state index >= 15 is 0 Å². The lowest BCUT2D eigenvalue weighted by molar-refractivity contribution is -0.122. The largest absolute Gasteiger partial charge is 0.354 e. The molecule has 1 aromatic rings. The van der Waals surface area contributed by atoms with Crippen molar-refractivity contribution in [2.24, 2.45) is 0 Å². The molecule has 2 atom stereocenters. The molecule has 2 N–H and O–H groups in total. The Hall–Kier alpha value is -1.56. The maximum atomic E-state index is 12.5. The molecular weight excluding hydrogens is 286 g/mol. The molecule has 6 heteroatoms. The highest BCUT2D eigenvalue weighted by Crippen LogP contribution is 2.34. The first kappa shape index (κ1) is 14.4. The third-order valence-electron chi connectivity index (χ3n) is 4.22. The summed E-state index contributed by atoms with van der Waals surface area (Å²) in [5.74, 6) is -0.0484. The van der Waals surface area contributed by atoms with Crippen molar-refractivity contribution >= 4 is 23.3 Å². The van der Waals surface area contributed by atoms with Gasteiger partial charge in [-0.15, -0.1) is 11.3 Å². The van der Waals surface area contributed by atoms with Crippen molar-refractivity contribution in [3.05, 3.63) is 22.4 Å². The molecule has 2 saturated heterocycles. The molecule has 5 nitrogen and oxygen atoms in total. The van der Waals surface area contributed by atoms with E-state index in [4.69, 9.17) is 0 Å². The molecule has 2 aliphatic heterocycles. The van der Waals surface area contributed by atoms with Crippen LogP contribution in [0.15, 0.2) is 17.5 Å². The van der Waals surface area contributed by atoms with Crippen LogP contribution in [-0.4, -0.2) is 36.0 Å². The Morgan fingerprint density at radius 1 is 1.33 bits per heavy atom. The number of amides is 3. The summed E-state index contributed by atoms with van der Waals surface area (Å²) >= 11 is 1.69. The fourth-order valence-electron chi connectivity index (χ4n) is 3.10. The second-order valence-corrected chi connectivity index (χ2v) is 6.63. The van der Waals surface area contributed by atoms with Gasteiger partial charge >= 0.3 is 6.03 Å². The first-order valence-corrected chi connectivity index (χ1v) is 8.52. The van der Waals surface area contributed by atoms with E-state index in [2.05, 4.69) is 16.7 Å². The Labute approximate surface area is 128 Å². The first-order chi connectivity index (χ1) is 10.3. The molecule has 0 bridgehead atoms. The van der Waals surface area contributed by atoms with E-state index in [0.29, 0.717) is 6.54 Å². The molecule has 3 amide bonds. The van der Waals surface area contributed by atoms with E-state index in [1.165, 1.54) is 4.88 Å². The predicted octanol–water partition coefficient (Wildman–Crippen LogP) is 2.26. The van der Waals surface area contributed by atoms with Gasteiger partial charge in [0.15, 0.2) is 0 Å². The molecule has 0 spiro atoms. The van der Waals surface area contributed by atoms with Crippen LogP contribution in [0.5, 0.6) is 0 Å². The maximum absolute atomic E-state index is 12.5. The topological polar surface area (TPSA) is 61.4 Å². The molecule has 0 saturated carbocycles. The lowest BCUT2D eigenvalue weighted by Gasteiger charge is -2.26. The molecule has 21 heavy (non-hydrogen) atoms. The Morgan fingerprint density at radius 3 is 3.05 bits per heavy atom. The molecule has 2 fully saturated rings. The average molecular weight is 307 g/mol. The highest BCUT2D eigenvalue weighted by atomic mass is 32.1. The van der Waals surface area contributed by atoms with Crippen LogP contribution >= 0.6 is 11.3 Å². The lowest BCUT2D eigenvalue weighted by atomic mass is 10.1. The zero-order chi connectivity index (χ0) is 14.7. The van der Waals surface area contributed by atoms with Crippen LogP contribution in [0.2, 0.25) is 0 Å². The molecule has 3 rings (SSSR count). The quantitative estimate of drug-likeness (QED) is 0.880. The van der Waals surface area contributed by atoms with Crippen molar-refractivity contribution in [2.45, 2.75) is 44.2 Å². The van der Waals surface area contributed by atoms with Gasteiger partial charge in [-0.25, -0.2) is 4.79 Å². The van der Waals surface area contributed by atoms with Gasteiger partial charge in [0.05, 0.1) is 6.04 Å². The fourth-order valence-corrected chi connectivity index (χ4v) is 3.97. The molecule has 0 unspecified atom stereocenters. The zero-order valence-corrected chi connectivity index (χ0v) is 12.8. The number of nitrogens with zero attached hydrogens (tertiary/aromatic N) is 1. The van der Waals surface area contributed by atoms with E-state index in [-0.39, 0.29) is 24.0 Å². The molecule has 2 aliphatic rings. The second-order valence-electron chi connectivity index (χ2n) is 5.66. The van der Waals surface area contributed by atoms with E-state index in [9.17, 15) is 9.59 Å². The maximum Gasteiger partial charge on any atom is 0.318 e. The molecule has 0 aliphatic carbocycles. The standard InChI is InChI=1S/C15H21N3O2S/c19-14-11(5-1-2-8-16-14)17-15(20)18-9-3-6-12(18)13-7-4-10-21-13/h4,7,10-12H,1-3,5-6,8-9H2,(H,16,19)(H,17,20)/t11-,12+/m0/s1. The van der Waals surface area contributed by atoms with Gasteiger partial charge in [0, 0.05) is 18.0 Å². The summed E-state index contributed by atoms with van der Waals surface area (Å²) in [4.78, 5) is 27.6. The molecule has 114 valence electrons. The van der Waals surface area contributed by atoms with E-state index in [1.807, 2.05) is 16.3 Å². The van der Waals surface area contributed by atoms with Gasteiger partial charge in [0.25, 0.3) is 0 Å². The monoisotopic (exact) mass is 307 g/mol. The molecule has 1 aromatic heterocycles. The van der Waals surface area contributed by atoms with E-state index in [0.717, 1.165) is 38.6 Å². The Balaban J connectivity index is 1.65. The van der Waals surface area contributed by atoms with Crippen molar-refractivity contribution in [2.75, 3.05) is 13.1 Å². The lowest BCUT2D eigenvalue weighted by Crippen LogP contribution is -2.50. The van der Waals surface area contributed by atoms with Crippen LogP contribution in [0.1, 0.15) is 43.0 Å². The molecule has 3 heterocycles. The van der Waals surface area contributed by atoms with Crippen LogP contribution in [0.4, 0.5) is 4.79 Å². The smallest absolute Gasteiger partial charge is 0.318 e. The summed E-state index contributed by atoms with van der Waals surface area (Å²) in [7, 11) is 0. The van der Waals surface area contributed by atoms with Crippen molar-refractivity contribution in [1.29, 1.82) is 0 Å². The van der Waals surface area contributed by atoms with Crippen molar-refractivity contribution in [1.82, 2.24) is 15.5 Å². The van der Waals surface area contributed by atoms with Crippen LogP contribution in [-0.2, 0) is 4.79 Å². The highest BCUT2D eigenvalue weighted by Gasteiger charge is 2.32. The number of carbonyl (C=O) groups is 2. The third kappa shape index (κ3) is 3.20. The Bertz CT molecular complexity index is 503. The normalized spacial score (nSPS) is 26.3. The number of urea groups is 1. The van der Waals surface area contributed by atoms with Crippen LogP contribution < -0.4 is 10.6 Å². The van der Waals surface area contributed by atoms with E-state index in [1.54, 1.807) is 11.3 Å². The summed E-state index contributed by atoms with van der Waals surface area (Å²) < 4.78 is 0. The van der Waals surface area contributed by atoms with Gasteiger partial charge in [-0.2, -0.15) is 0 Å². The molecule has 0 aromatic carbocycles. The second kappa shape index (κ2) is 6.47. The minimum Gasteiger partial charge on any atom is -0.354 e. The third-order valence-corrected chi connectivity index (χ3v) is 5.19. The van der Waals surface area contributed by atoms with Crippen molar-refractivity contribution < 1.29 is 9.59 Å². The summed E-state index contributed by atoms with van der Waals surface area (Å²) in [5, 5.41) is 7.83. The number of rotatable bonds is 2. The van der Waals surface area contributed by atoms with Gasteiger partial charge in [-0.05, 0) is 43.6 Å². The van der Waals surface area contributed by atoms with Gasteiger partial charge in [0.1, 0.15) is 6.04 Å². The first-order valence-electron chi connectivity index (χ1n) is 7.64. The van der Waals surface area contributed by atoms with Gasteiger partial charge < -0.3 is 15.5 Å². The SMILES string of the molecule is O=C1NCCCC[C@@H]1NC(=O)N1CCC[C@@H]1c1cccs1. The summed E-state index contributed by atoms with van der Waals surface area (Å²) in [6.45, 7) is 1.48. The number of hydrogen-bond donors (Lipinski definition) is 2. The number of likely N-dealkylation sites (tertiary alicyclic amines) is 1. The summed E-state index contributed by atoms with van der Waals surface area (Å²) in [6.07, 6.45) is 4.71. The average Bonchev–Trinajstić information content (AvgIpc) is 3.12. The van der Waals surface area contributed by atoms with Crippen LogP contribution in [0, 0.1) is 0 Å². The molecular formula is C15H21N3O2S. The summed E-state index contributed by atoms with van der Waals surface area (Å²) in [5.41, 5.74) is 0. The highest BCUT2D eigenvalue weighted by molar-refractivity contribution is 7.10. The van der Waals surface area contributed by atoms with Gasteiger partial charge in [-0.3, -0.25) is 4.79 Å². The van der Waals surface area contributed by atoms with E-state index < -0.39 is 0 Å². The number of nitrogens with one attached hydrogen (secondary N) is 2. The predicted molar refractivity (Wildman–Crippen MR) is 82.2 cm³/mol. The van der Waals surface area contributed by atoms with Crippen molar-refractivity contribution in [3.8, 4) is 0 Å². The molecule has 0 radical (unpaired) electrons. The fraction of sp³-hybridized carbons (Fsp3) is 0.600. The Morgan fingerprint density at radius 2 is 2.24 bits per heavy atom. The zero-order valence-electron chi connectivity index (χ0n) is 12.0. The number of thiophene rings is 1. The van der Waals surface area contributed by atoms with Gasteiger partial charge in [-0.1, -0.05) is 6.07 Å². The number of carbonyl (C=O) groups excluding carboxylic acids is 2. The number of hydrogen-bond acceptors (Lipinski definition) is 3. The van der Waals surface area contributed by atoms with Gasteiger partial charge in [0.2, 0.25) is 5.91 Å². The van der Waals surface area contributed by atoms with Crippen molar-refractivity contribution in [3.63, 3.8) is 0 Å². The summed E-state index contributed by atoms with van der Waals surface area (Å²) in [6, 6.07) is 3.78. The minimum absolute atomic E-state index is 0.0484. The minimum atomic E-state index is -0.385. The Kier molecular flexibility index (Phi) is 4.43. The van der Waals surface area contributed by atoms with Crippen LogP contribution in [0.3, 0.4) is 0 Å².